The van der Waals surface area contributed by atoms with E-state index < -0.39 is 23.7 Å². The minimum Gasteiger partial charge on any atom is -0.480 e. The lowest BCUT2D eigenvalue weighted by atomic mass is 10.2. The minimum absolute atomic E-state index is 0.110. The van der Waals surface area contributed by atoms with Crippen molar-refractivity contribution in [3.05, 3.63) is 17.0 Å². The Balaban J connectivity index is 2.68. The van der Waals surface area contributed by atoms with Crippen LogP contribution in [0.1, 0.15) is 25.6 Å². The number of alkyl carbamates (subject to hydrolysis) is 1. The van der Waals surface area contributed by atoms with Gasteiger partial charge in [-0.05, 0) is 32.9 Å². The van der Waals surface area contributed by atoms with Crippen LogP contribution in [0.25, 0.3) is 0 Å². The lowest BCUT2D eigenvalue weighted by molar-refractivity contribution is -0.139. The number of carboxylic acids is 1. The van der Waals surface area contributed by atoms with Gasteiger partial charge in [0.1, 0.15) is 11.6 Å². The van der Waals surface area contributed by atoms with E-state index in [1.165, 1.54) is 11.3 Å². The van der Waals surface area contributed by atoms with Crippen molar-refractivity contribution in [1.29, 1.82) is 5.41 Å². The zero-order valence-electron chi connectivity index (χ0n) is 12.6. The number of hydrogen-bond donors (Lipinski definition) is 5. The molecule has 0 saturated carbocycles. The van der Waals surface area contributed by atoms with Gasteiger partial charge in [-0.15, -0.1) is 11.3 Å². The number of rotatable bonds is 5. The SMILES string of the molecule is CC(C)(C)OC(=O)N[C@@H](Cc1ccc(NC(=N)N)s1)C(=O)O. The number of thiophene rings is 1. The highest BCUT2D eigenvalue weighted by molar-refractivity contribution is 7.16. The Morgan fingerprint density at radius 2 is 2.09 bits per heavy atom. The molecule has 1 aromatic rings. The van der Waals surface area contributed by atoms with Crippen LogP contribution in [0, 0.1) is 5.41 Å². The molecule has 1 atom stereocenters. The van der Waals surface area contributed by atoms with Gasteiger partial charge in [0.25, 0.3) is 0 Å². The second-order valence-electron chi connectivity index (χ2n) is 5.55. The smallest absolute Gasteiger partial charge is 0.408 e. The Kier molecular flexibility index (Phi) is 5.75. The summed E-state index contributed by atoms with van der Waals surface area (Å²) in [5.41, 5.74) is 4.52. The Labute approximate surface area is 132 Å². The molecule has 122 valence electrons. The number of carbonyl (C=O) groups is 2. The lowest BCUT2D eigenvalue weighted by Gasteiger charge is -2.21. The van der Waals surface area contributed by atoms with E-state index in [0.717, 1.165) is 4.88 Å². The van der Waals surface area contributed by atoms with Crippen LogP contribution >= 0.6 is 11.3 Å². The number of carboxylic acid groups (broad SMARTS) is 1. The van der Waals surface area contributed by atoms with Crippen molar-refractivity contribution >= 4 is 34.4 Å². The molecule has 0 spiro atoms. The van der Waals surface area contributed by atoms with Gasteiger partial charge in [0.15, 0.2) is 5.96 Å². The lowest BCUT2D eigenvalue weighted by Crippen LogP contribution is -2.44. The predicted molar refractivity (Wildman–Crippen MR) is 84.4 cm³/mol. The average Bonchev–Trinajstić information content (AvgIpc) is 2.71. The summed E-state index contributed by atoms with van der Waals surface area (Å²) in [5, 5.41) is 21.9. The highest BCUT2D eigenvalue weighted by atomic mass is 32.1. The largest absolute Gasteiger partial charge is 0.480 e. The zero-order chi connectivity index (χ0) is 16.9. The average molecular weight is 328 g/mol. The van der Waals surface area contributed by atoms with Gasteiger partial charge < -0.3 is 26.2 Å². The molecule has 1 heterocycles. The second-order valence-corrected chi connectivity index (χ2v) is 6.71. The maximum Gasteiger partial charge on any atom is 0.408 e. The van der Waals surface area contributed by atoms with Gasteiger partial charge in [-0.1, -0.05) is 0 Å². The molecule has 0 unspecified atom stereocenters. The Hall–Kier alpha value is -2.29. The predicted octanol–water partition coefficient (Wildman–Crippen LogP) is 1.57. The highest BCUT2D eigenvalue weighted by Crippen LogP contribution is 2.23. The van der Waals surface area contributed by atoms with Crippen molar-refractivity contribution in [3.63, 3.8) is 0 Å². The summed E-state index contributed by atoms with van der Waals surface area (Å²) in [6, 6.07) is 2.30. The summed E-state index contributed by atoms with van der Waals surface area (Å²) in [6.07, 6.45) is -0.669. The molecule has 9 heteroatoms. The van der Waals surface area contributed by atoms with Crippen LogP contribution in [0.3, 0.4) is 0 Å². The van der Waals surface area contributed by atoms with E-state index >= 15 is 0 Å². The van der Waals surface area contributed by atoms with Crippen molar-refractivity contribution in [2.75, 3.05) is 5.32 Å². The number of nitrogens with one attached hydrogen (secondary N) is 3. The van der Waals surface area contributed by atoms with Gasteiger partial charge in [0, 0.05) is 11.3 Å². The van der Waals surface area contributed by atoms with Crippen LogP contribution in [0.5, 0.6) is 0 Å². The van der Waals surface area contributed by atoms with E-state index in [0.29, 0.717) is 5.00 Å². The number of guanidine groups is 1. The first-order chi connectivity index (χ1) is 10.1. The molecule has 8 nitrogen and oxygen atoms in total. The van der Waals surface area contributed by atoms with Gasteiger partial charge in [0.05, 0.1) is 5.00 Å². The molecule has 6 N–H and O–H groups in total. The Morgan fingerprint density at radius 3 is 2.59 bits per heavy atom. The van der Waals surface area contributed by atoms with Crippen molar-refractivity contribution in [2.24, 2.45) is 5.73 Å². The molecular formula is C13H20N4O4S. The molecular weight excluding hydrogens is 308 g/mol. The number of aliphatic carboxylic acids is 1. The normalized spacial score (nSPS) is 12.3. The van der Waals surface area contributed by atoms with E-state index in [9.17, 15) is 14.7 Å². The first-order valence-corrected chi connectivity index (χ1v) is 7.30. The van der Waals surface area contributed by atoms with Crippen molar-refractivity contribution in [1.82, 2.24) is 5.32 Å². The number of anilines is 1. The van der Waals surface area contributed by atoms with Crippen LogP contribution in [0.4, 0.5) is 9.80 Å². The minimum atomic E-state index is -1.15. The maximum absolute atomic E-state index is 11.7. The van der Waals surface area contributed by atoms with E-state index in [-0.39, 0.29) is 12.4 Å². The third-order valence-electron chi connectivity index (χ3n) is 2.31. The number of carbonyl (C=O) groups excluding carboxylic acids is 1. The van der Waals surface area contributed by atoms with E-state index in [1.807, 2.05) is 0 Å². The molecule has 0 fully saturated rings. The number of nitrogens with two attached hydrogens (primary N) is 1. The first kappa shape index (κ1) is 17.8. The quantitative estimate of drug-likeness (QED) is 0.411. The maximum atomic E-state index is 11.7. The van der Waals surface area contributed by atoms with Crippen molar-refractivity contribution < 1.29 is 19.4 Å². The Morgan fingerprint density at radius 1 is 1.45 bits per heavy atom. The van der Waals surface area contributed by atoms with Crippen LogP contribution in [-0.4, -0.2) is 34.8 Å². The topological polar surface area (TPSA) is 138 Å². The standard InChI is InChI=1S/C13H20N4O4S/c1-13(2,3)21-12(20)16-8(10(18)19)6-7-4-5-9(22-7)17-11(14)15/h4-5,8H,6H2,1-3H3,(H,16,20)(H,18,19)(H4,14,15,17)/t8-/m0/s1. The molecule has 0 radical (unpaired) electrons. The van der Waals surface area contributed by atoms with Crippen LogP contribution in [0.2, 0.25) is 0 Å². The summed E-state index contributed by atoms with van der Waals surface area (Å²) >= 11 is 1.26. The van der Waals surface area contributed by atoms with Gasteiger partial charge in [0.2, 0.25) is 0 Å². The van der Waals surface area contributed by atoms with Crippen LogP contribution < -0.4 is 16.4 Å². The van der Waals surface area contributed by atoms with Gasteiger partial charge >= 0.3 is 12.1 Å². The molecule has 0 aliphatic rings. The molecule has 0 aromatic carbocycles. The fourth-order valence-corrected chi connectivity index (χ4v) is 2.50. The third kappa shape index (κ3) is 6.44. The Bertz CT molecular complexity index is 565. The van der Waals surface area contributed by atoms with Crippen molar-refractivity contribution in [2.45, 2.75) is 38.8 Å². The van der Waals surface area contributed by atoms with E-state index in [2.05, 4.69) is 10.6 Å². The molecule has 22 heavy (non-hydrogen) atoms. The molecule has 1 rings (SSSR count). The first-order valence-electron chi connectivity index (χ1n) is 6.49. The van der Waals surface area contributed by atoms with E-state index in [4.69, 9.17) is 15.9 Å². The molecule has 0 aliphatic heterocycles. The summed E-state index contributed by atoms with van der Waals surface area (Å²) < 4.78 is 5.05. The summed E-state index contributed by atoms with van der Waals surface area (Å²) in [7, 11) is 0. The molecule has 0 bridgehead atoms. The molecule has 1 aromatic heterocycles. The molecule has 1 amide bonds. The van der Waals surface area contributed by atoms with Crippen LogP contribution in [0.15, 0.2) is 12.1 Å². The van der Waals surface area contributed by atoms with Gasteiger partial charge in [-0.2, -0.15) is 0 Å². The third-order valence-corrected chi connectivity index (χ3v) is 3.34. The fraction of sp³-hybridized carbons (Fsp3) is 0.462. The summed E-state index contributed by atoms with van der Waals surface area (Å²) in [5.74, 6) is -1.35. The number of hydrogen-bond acceptors (Lipinski definition) is 5. The van der Waals surface area contributed by atoms with E-state index in [1.54, 1.807) is 32.9 Å². The zero-order valence-corrected chi connectivity index (χ0v) is 13.4. The number of amides is 1. The second kappa shape index (κ2) is 7.12. The molecule has 0 aliphatic carbocycles. The number of ether oxygens (including phenoxy) is 1. The van der Waals surface area contributed by atoms with Crippen LogP contribution in [-0.2, 0) is 16.0 Å². The van der Waals surface area contributed by atoms with Crippen molar-refractivity contribution in [3.8, 4) is 0 Å². The summed E-state index contributed by atoms with van der Waals surface area (Å²) in [6.45, 7) is 5.09. The fourth-order valence-electron chi connectivity index (χ4n) is 1.54. The molecule has 0 saturated heterocycles. The summed E-state index contributed by atoms with van der Waals surface area (Å²) in [4.78, 5) is 23.6. The van der Waals surface area contributed by atoms with Gasteiger partial charge in [-0.3, -0.25) is 5.41 Å². The van der Waals surface area contributed by atoms with Gasteiger partial charge in [-0.25, -0.2) is 9.59 Å². The monoisotopic (exact) mass is 328 g/mol. The highest BCUT2D eigenvalue weighted by Gasteiger charge is 2.24.